The Morgan fingerprint density at radius 2 is 2.00 bits per heavy atom. The van der Waals surface area contributed by atoms with E-state index in [4.69, 9.17) is 0 Å². The van der Waals surface area contributed by atoms with Crippen molar-refractivity contribution in [1.29, 1.82) is 0 Å². The summed E-state index contributed by atoms with van der Waals surface area (Å²) in [5, 5.41) is 6.57. The molecule has 0 radical (unpaired) electrons. The minimum absolute atomic E-state index is 0.0695. The first-order valence-corrected chi connectivity index (χ1v) is 7.98. The molecule has 1 heterocycles. The third kappa shape index (κ3) is 4.18. The summed E-state index contributed by atoms with van der Waals surface area (Å²) < 4.78 is 0. The van der Waals surface area contributed by atoms with Crippen molar-refractivity contribution in [2.24, 2.45) is 0 Å². The van der Waals surface area contributed by atoms with E-state index in [9.17, 15) is 4.79 Å². The zero-order chi connectivity index (χ0) is 13.7. The van der Waals surface area contributed by atoms with Crippen LogP contribution >= 0.6 is 0 Å². The van der Waals surface area contributed by atoms with Gasteiger partial charge in [0.25, 0.3) is 0 Å². The van der Waals surface area contributed by atoms with E-state index in [0.29, 0.717) is 12.1 Å². The Hall–Kier alpha value is -0.610. The third-order valence-electron chi connectivity index (χ3n) is 4.66. The highest BCUT2D eigenvalue weighted by Gasteiger charge is 2.25. The van der Waals surface area contributed by atoms with Crippen LogP contribution in [-0.4, -0.2) is 48.6 Å². The summed E-state index contributed by atoms with van der Waals surface area (Å²) in [7, 11) is 0. The fraction of sp³-hybridized carbons (Fsp3) is 0.933. The van der Waals surface area contributed by atoms with Crippen molar-refractivity contribution >= 4 is 5.91 Å². The molecule has 19 heavy (non-hydrogen) atoms. The maximum Gasteiger partial charge on any atom is 0.237 e. The zero-order valence-corrected chi connectivity index (χ0v) is 12.5. The first kappa shape index (κ1) is 14.8. The molecule has 2 fully saturated rings. The van der Waals surface area contributed by atoms with Crippen LogP contribution in [0.3, 0.4) is 0 Å². The maximum absolute atomic E-state index is 12.1. The molecular weight excluding hydrogens is 238 g/mol. The van der Waals surface area contributed by atoms with Crippen LogP contribution < -0.4 is 10.6 Å². The summed E-state index contributed by atoms with van der Waals surface area (Å²) in [4.78, 5) is 14.6. The monoisotopic (exact) mass is 267 g/mol. The number of likely N-dealkylation sites (N-methyl/N-ethyl adjacent to an activating group) is 1. The summed E-state index contributed by atoms with van der Waals surface area (Å²) in [6.45, 7) is 7.47. The van der Waals surface area contributed by atoms with Gasteiger partial charge in [-0.25, -0.2) is 0 Å². The van der Waals surface area contributed by atoms with Crippen LogP contribution in [-0.2, 0) is 4.79 Å². The second-order valence-electron chi connectivity index (χ2n) is 6.04. The zero-order valence-electron chi connectivity index (χ0n) is 12.5. The van der Waals surface area contributed by atoms with E-state index in [1.165, 1.54) is 32.2 Å². The van der Waals surface area contributed by atoms with Gasteiger partial charge < -0.3 is 10.6 Å². The Kier molecular flexibility index (Phi) is 5.64. The Morgan fingerprint density at radius 3 is 2.68 bits per heavy atom. The Bertz CT molecular complexity index is 289. The molecule has 0 aromatic carbocycles. The van der Waals surface area contributed by atoms with Gasteiger partial charge in [0.1, 0.15) is 0 Å². The van der Waals surface area contributed by atoms with Gasteiger partial charge in [-0.15, -0.1) is 0 Å². The van der Waals surface area contributed by atoms with Crippen molar-refractivity contribution in [1.82, 2.24) is 15.5 Å². The van der Waals surface area contributed by atoms with Crippen LogP contribution in [0.4, 0.5) is 0 Å². The van der Waals surface area contributed by atoms with Crippen LogP contribution in [0.15, 0.2) is 0 Å². The van der Waals surface area contributed by atoms with Crippen molar-refractivity contribution in [2.75, 3.05) is 19.6 Å². The number of carbonyl (C=O) groups is 1. The van der Waals surface area contributed by atoms with E-state index >= 15 is 0 Å². The molecule has 4 heteroatoms. The summed E-state index contributed by atoms with van der Waals surface area (Å²) in [6, 6.07) is 0.974. The van der Waals surface area contributed by atoms with Gasteiger partial charge in [-0.05, 0) is 45.7 Å². The number of nitrogens with zero attached hydrogens (tertiary/aromatic N) is 1. The minimum atomic E-state index is -0.0695. The van der Waals surface area contributed by atoms with E-state index in [1.807, 2.05) is 6.92 Å². The number of likely N-dealkylation sites (tertiary alicyclic amines) is 1. The van der Waals surface area contributed by atoms with Crippen LogP contribution in [0.25, 0.3) is 0 Å². The summed E-state index contributed by atoms with van der Waals surface area (Å²) in [5.74, 6) is 0.174. The highest BCUT2D eigenvalue weighted by molar-refractivity contribution is 5.81. The van der Waals surface area contributed by atoms with E-state index in [2.05, 4.69) is 22.5 Å². The van der Waals surface area contributed by atoms with E-state index in [1.54, 1.807) is 0 Å². The first-order valence-electron chi connectivity index (χ1n) is 7.98. The van der Waals surface area contributed by atoms with Gasteiger partial charge in [0.15, 0.2) is 0 Å². The highest BCUT2D eigenvalue weighted by Crippen LogP contribution is 2.18. The average Bonchev–Trinajstić information content (AvgIpc) is 3.06. The molecule has 1 aliphatic heterocycles. The summed E-state index contributed by atoms with van der Waals surface area (Å²) in [6.07, 6.45) is 7.40. The van der Waals surface area contributed by atoms with Gasteiger partial charge in [-0.2, -0.15) is 0 Å². The minimum Gasteiger partial charge on any atom is -0.352 e. The second kappa shape index (κ2) is 7.25. The fourth-order valence-corrected chi connectivity index (χ4v) is 3.34. The smallest absolute Gasteiger partial charge is 0.237 e. The standard InChI is InChI=1S/C15H29N3O/c1-3-18-10-6-9-14(18)11-16-12(2)15(19)17-13-7-4-5-8-13/h12-14,16H,3-11H2,1-2H3,(H,17,19)/t12-,14+/m1/s1. The van der Waals surface area contributed by atoms with Gasteiger partial charge in [-0.1, -0.05) is 19.8 Å². The average molecular weight is 267 g/mol. The number of nitrogens with one attached hydrogen (secondary N) is 2. The number of hydrogen-bond donors (Lipinski definition) is 2. The SMILES string of the molecule is CCN1CCC[C@H]1CN[C@H](C)C(=O)NC1CCCC1. The lowest BCUT2D eigenvalue weighted by molar-refractivity contribution is -0.123. The van der Waals surface area contributed by atoms with E-state index in [0.717, 1.165) is 25.9 Å². The van der Waals surface area contributed by atoms with Crippen LogP contribution in [0, 0.1) is 0 Å². The van der Waals surface area contributed by atoms with Crippen molar-refractivity contribution in [3.05, 3.63) is 0 Å². The normalized spacial score (nSPS) is 26.7. The predicted octanol–water partition coefficient (Wildman–Crippen LogP) is 1.51. The Morgan fingerprint density at radius 1 is 1.26 bits per heavy atom. The van der Waals surface area contributed by atoms with Crippen molar-refractivity contribution in [2.45, 2.75) is 70.5 Å². The maximum atomic E-state index is 12.1. The van der Waals surface area contributed by atoms with E-state index in [-0.39, 0.29) is 11.9 Å². The molecular formula is C15H29N3O. The molecule has 2 aliphatic rings. The van der Waals surface area contributed by atoms with Crippen molar-refractivity contribution in [3.8, 4) is 0 Å². The molecule has 4 nitrogen and oxygen atoms in total. The van der Waals surface area contributed by atoms with Gasteiger partial charge in [0, 0.05) is 18.6 Å². The van der Waals surface area contributed by atoms with Gasteiger partial charge >= 0.3 is 0 Å². The molecule has 1 amide bonds. The van der Waals surface area contributed by atoms with Crippen molar-refractivity contribution < 1.29 is 4.79 Å². The summed E-state index contributed by atoms with van der Waals surface area (Å²) >= 11 is 0. The predicted molar refractivity (Wildman–Crippen MR) is 78.1 cm³/mol. The number of rotatable bonds is 6. The molecule has 1 saturated carbocycles. The molecule has 0 aromatic rings. The van der Waals surface area contributed by atoms with Crippen LogP contribution in [0.2, 0.25) is 0 Å². The molecule has 0 aromatic heterocycles. The van der Waals surface area contributed by atoms with E-state index < -0.39 is 0 Å². The quantitative estimate of drug-likeness (QED) is 0.767. The molecule has 2 rings (SSSR count). The summed E-state index contributed by atoms with van der Waals surface area (Å²) in [5.41, 5.74) is 0. The van der Waals surface area contributed by atoms with Gasteiger partial charge in [0.05, 0.1) is 6.04 Å². The lowest BCUT2D eigenvalue weighted by atomic mass is 10.2. The Balaban J connectivity index is 1.68. The van der Waals surface area contributed by atoms with Gasteiger partial charge in [0.2, 0.25) is 5.91 Å². The second-order valence-corrected chi connectivity index (χ2v) is 6.04. The lowest BCUT2D eigenvalue weighted by Crippen LogP contribution is -2.49. The molecule has 0 bridgehead atoms. The largest absolute Gasteiger partial charge is 0.352 e. The molecule has 1 aliphatic carbocycles. The lowest BCUT2D eigenvalue weighted by Gasteiger charge is -2.25. The fourth-order valence-electron chi connectivity index (χ4n) is 3.34. The van der Waals surface area contributed by atoms with Crippen LogP contribution in [0.5, 0.6) is 0 Å². The first-order chi connectivity index (χ1) is 9.20. The van der Waals surface area contributed by atoms with Crippen LogP contribution in [0.1, 0.15) is 52.4 Å². The highest BCUT2D eigenvalue weighted by atomic mass is 16.2. The topological polar surface area (TPSA) is 44.4 Å². The molecule has 2 N–H and O–H groups in total. The Labute approximate surface area is 117 Å². The molecule has 110 valence electrons. The van der Waals surface area contributed by atoms with Crippen molar-refractivity contribution in [3.63, 3.8) is 0 Å². The molecule has 0 unspecified atom stereocenters. The molecule has 1 saturated heterocycles. The molecule has 0 spiro atoms. The third-order valence-corrected chi connectivity index (χ3v) is 4.66. The number of amides is 1. The molecule has 2 atom stereocenters. The number of carbonyl (C=O) groups excluding carboxylic acids is 1. The number of hydrogen-bond acceptors (Lipinski definition) is 3. The van der Waals surface area contributed by atoms with Gasteiger partial charge in [-0.3, -0.25) is 9.69 Å².